The van der Waals surface area contributed by atoms with E-state index in [2.05, 4.69) is 54.5 Å². The molecule has 1 unspecified atom stereocenters. The molecule has 1 aliphatic heterocycles. The van der Waals surface area contributed by atoms with E-state index in [4.69, 9.17) is 4.74 Å². The Morgan fingerprint density at radius 3 is 2.31 bits per heavy atom. The van der Waals surface area contributed by atoms with Gasteiger partial charge in [0.1, 0.15) is 0 Å². The Bertz CT molecular complexity index is 892. The molecule has 0 spiro atoms. The third kappa shape index (κ3) is 3.20. The first-order chi connectivity index (χ1) is 16.2. The maximum absolute atomic E-state index is 10.8. The van der Waals surface area contributed by atoms with Crippen LogP contribution < -0.4 is 0 Å². The molecule has 5 fully saturated rings. The van der Waals surface area contributed by atoms with Gasteiger partial charge in [0.15, 0.2) is 0 Å². The summed E-state index contributed by atoms with van der Waals surface area (Å²) in [5, 5.41) is 30.7. The zero-order chi connectivity index (χ0) is 25.7. The molecule has 0 aromatic carbocycles. The standard InChI is InChI=1S/C31H51NO3/c1-26(2)12-14-31-15-13-29(6)20(24(31)25(26)35-19-31)8-9-22-28(5,16-17-32)21(10-11-30(22,29)7)27(3,4)23(34)18-33/h20-25,33-34H,8-16,18-19H2,1-7H3/t20-,21+,22-,23?,24+,25-,28+,29-,30-,31-/m1/s1. The molecule has 0 aromatic rings. The number of rotatable bonds is 4. The lowest BCUT2D eigenvalue weighted by Crippen LogP contribution is -2.67. The Hall–Kier alpha value is -0.630. The fraction of sp³-hybridized carbons (Fsp3) is 0.968. The van der Waals surface area contributed by atoms with Crippen molar-refractivity contribution in [3.05, 3.63) is 0 Å². The molecule has 2 N–H and O–H groups in total. The van der Waals surface area contributed by atoms with Crippen molar-refractivity contribution in [2.24, 2.45) is 56.2 Å². The summed E-state index contributed by atoms with van der Waals surface area (Å²) in [6, 6.07) is 2.59. The molecule has 0 aromatic heterocycles. The van der Waals surface area contributed by atoms with Crippen LogP contribution in [-0.2, 0) is 4.74 Å². The van der Waals surface area contributed by atoms with E-state index < -0.39 is 11.5 Å². The number of ether oxygens (including phenoxy) is 1. The summed E-state index contributed by atoms with van der Waals surface area (Å²) in [5.41, 5.74) is 0.514. The molecule has 1 heterocycles. The zero-order valence-corrected chi connectivity index (χ0v) is 23.5. The normalized spacial score (nSPS) is 51.5. The smallest absolute Gasteiger partial charge is 0.0824 e. The van der Waals surface area contributed by atoms with Crippen molar-refractivity contribution in [3.63, 3.8) is 0 Å². The molecule has 5 rings (SSSR count). The Morgan fingerprint density at radius 2 is 1.66 bits per heavy atom. The van der Waals surface area contributed by atoms with Crippen molar-refractivity contribution >= 4 is 0 Å². The van der Waals surface area contributed by atoms with E-state index in [0.29, 0.717) is 35.7 Å². The van der Waals surface area contributed by atoms with Crippen molar-refractivity contribution < 1.29 is 14.9 Å². The predicted molar refractivity (Wildman–Crippen MR) is 138 cm³/mol. The van der Waals surface area contributed by atoms with Gasteiger partial charge in [-0.2, -0.15) is 5.26 Å². The molecule has 10 atom stereocenters. The van der Waals surface area contributed by atoms with Gasteiger partial charge in [-0.25, -0.2) is 0 Å². The Morgan fingerprint density at radius 1 is 0.971 bits per heavy atom. The maximum Gasteiger partial charge on any atom is 0.0824 e. The molecule has 4 aliphatic carbocycles. The molecule has 35 heavy (non-hydrogen) atoms. The number of aliphatic hydroxyl groups is 2. The van der Waals surface area contributed by atoms with Gasteiger partial charge in [-0.05, 0) is 108 Å². The summed E-state index contributed by atoms with van der Waals surface area (Å²) in [7, 11) is 0. The molecular formula is C31H51NO3. The average Bonchev–Trinajstić information content (AvgIpc) is 3.12. The van der Waals surface area contributed by atoms with E-state index in [-0.39, 0.29) is 34.2 Å². The van der Waals surface area contributed by atoms with Crippen molar-refractivity contribution in [2.45, 2.75) is 118 Å². The third-order valence-corrected chi connectivity index (χ3v) is 13.8. The number of hydrogen-bond acceptors (Lipinski definition) is 4. The molecule has 0 amide bonds. The number of aliphatic hydroxyl groups excluding tert-OH is 2. The van der Waals surface area contributed by atoms with Crippen molar-refractivity contribution in [2.75, 3.05) is 13.2 Å². The highest BCUT2D eigenvalue weighted by atomic mass is 16.5. The van der Waals surface area contributed by atoms with E-state index in [1.54, 1.807) is 0 Å². The molecule has 4 heteroatoms. The minimum Gasteiger partial charge on any atom is -0.394 e. The highest BCUT2D eigenvalue weighted by molar-refractivity contribution is 5.21. The molecule has 2 bridgehead atoms. The van der Waals surface area contributed by atoms with Crippen LogP contribution in [0, 0.1) is 67.5 Å². The maximum atomic E-state index is 10.8. The highest BCUT2D eigenvalue weighted by Crippen LogP contribution is 2.77. The Kier molecular flexibility index (Phi) is 5.90. The van der Waals surface area contributed by atoms with Gasteiger partial charge < -0.3 is 14.9 Å². The van der Waals surface area contributed by atoms with Crippen LogP contribution >= 0.6 is 0 Å². The van der Waals surface area contributed by atoms with Gasteiger partial charge in [-0.3, -0.25) is 0 Å². The van der Waals surface area contributed by atoms with Gasteiger partial charge in [0.2, 0.25) is 0 Å². The van der Waals surface area contributed by atoms with E-state index in [0.717, 1.165) is 19.4 Å². The second-order valence-corrected chi connectivity index (χ2v) is 15.6. The van der Waals surface area contributed by atoms with Gasteiger partial charge in [-0.15, -0.1) is 0 Å². The Labute approximate surface area is 214 Å². The van der Waals surface area contributed by atoms with E-state index in [1.807, 2.05) is 0 Å². The highest BCUT2D eigenvalue weighted by Gasteiger charge is 2.72. The number of nitriles is 1. The number of nitrogens with zero attached hydrogens (tertiary/aromatic N) is 1. The monoisotopic (exact) mass is 485 g/mol. The second-order valence-electron chi connectivity index (χ2n) is 15.6. The molecule has 4 saturated carbocycles. The minimum absolute atomic E-state index is 0.161. The van der Waals surface area contributed by atoms with Crippen LogP contribution in [0.2, 0.25) is 0 Å². The Balaban J connectivity index is 1.55. The molecule has 0 radical (unpaired) electrons. The summed E-state index contributed by atoms with van der Waals surface area (Å²) in [6.07, 6.45) is 9.98. The van der Waals surface area contributed by atoms with Crippen LogP contribution in [0.15, 0.2) is 0 Å². The fourth-order valence-electron chi connectivity index (χ4n) is 11.4. The van der Waals surface area contributed by atoms with Crippen molar-refractivity contribution in [1.29, 1.82) is 5.26 Å². The van der Waals surface area contributed by atoms with Gasteiger partial charge in [0, 0.05) is 6.42 Å². The average molecular weight is 486 g/mol. The van der Waals surface area contributed by atoms with Crippen LogP contribution in [0.4, 0.5) is 0 Å². The van der Waals surface area contributed by atoms with Crippen LogP contribution in [-0.4, -0.2) is 35.6 Å². The predicted octanol–water partition coefficient (Wildman–Crippen LogP) is 6.35. The van der Waals surface area contributed by atoms with Crippen LogP contribution in [0.5, 0.6) is 0 Å². The van der Waals surface area contributed by atoms with Crippen LogP contribution in [0.3, 0.4) is 0 Å². The molecule has 5 aliphatic rings. The molecule has 1 saturated heterocycles. The third-order valence-electron chi connectivity index (χ3n) is 13.8. The largest absolute Gasteiger partial charge is 0.394 e. The zero-order valence-electron chi connectivity index (χ0n) is 23.5. The van der Waals surface area contributed by atoms with E-state index in [1.165, 1.54) is 38.5 Å². The second kappa shape index (κ2) is 7.94. The first-order valence-electron chi connectivity index (χ1n) is 14.5. The molecular weight excluding hydrogens is 434 g/mol. The minimum atomic E-state index is -0.756. The summed E-state index contributed by atoms with van der Waals surface area (Å²) in [5.74, 6) is 2.06. The van der Waals surface area contributed by atoms with Gasteiger partial charge in [0.25, 0.3) is 0 Å². The van der Waals surface area contributed by atoms with Gasteiger partial charge >= 0.3 is 0 Å². The summed E-state index contributed by atoms with van der Waals surface area (Å²) in [4.78, 5) is 0. The summed E-state index contributed by atoms with van der Waals surface area (Å²) >= 11 is 0. The lowest BCUT2D eigenvalue weighted by Gasteiger charge is -2.72. The van der Waals surface area contributed by atoms with E-state index in [9.17, 15) is 15.5 Å². The van der Waals surface area contributed by atoms with Gasteiger partial charge in [-0.1, -0.05) is 48.5 Å². The quantitative estimate of drug-likeness (QED) is 0.487. The fourth-order valence-corrected chi connectivity index (χ4v) is 11.4. The first kappa shape index (κ1) is 26.0. The first-order valence-corrected chi connectivity index (χ1v) is 14.5. The topological polar surface area (TPSA) is 73.5 Å². The van der Waals surface area contributed by atoms with Crippen LogP contribution in [0.1, 0.15) is 106 Å². The van der Waals surface area contributed by atoms with Crippen LogP contribution in [0.25, 0.3) is 0 Å². The molecule has 198 valence electrons. The van der Waals surface area contributed by atoms with Crippen molar-refractivity contribution in [3.8, 4) is 6.07 Å². The number of hydrogen-bond donors (Lipinski definition) is 2. The molecule has 4 nitrogen and oxygen atoms in total. The SMILES string of the molecule is CC1(C)CC[C@]23CC[C@]4(C)[C@H](CC[C@@H]5[C@@](C)(CC#N)[C@H](C(C)(C)C(O)CO)CC[C@]54C)[C@H]2[C@H]1OC3. The number of fused-ring (bicyclic) bond motifs is 3. The summed E-state index contributed by atoms with van der Waals surface area (Å²) in [6.45, 7) is 17.4. The van der Waals surface area contributed by atoms with Crippen molar-refractivity contribution in [1.82, 2.24) is 0 Å². The lowest BCUT2D eigenvalue weighted by atomic mass is 9.32. The van der Waals surface area contributed by atoms with E-state index >= 15 is 0 Å². The summed E-state index contributed by atoms with van der Waals surface area (Å²) < 4.78 is 6.68. The lowest BCUT2D eigenvalue weighted by molar-refractivity contribution is -0.239. The van der Waals surface area contributed by atoms with Gasteiger partial charge in [0.05, 0.1) is 31.5 Å².